The summed E-state index contributed by atoms with van der Waals surface area (Å²) >= 11 is 7.04. The summed E-state index contributed by atoms with van der Waals surface area (Å²) in [5.41, 5.74) is 1.16. The molecule has 6 nitrogen and oxygen atoms in total. The van der Waals surface area contributed by atoms with Crippen molar-refractivity contribution in [3.63, 3.8) is 0 Å². The van der Waals surface area contributed by atoms with E-state index in [0.717, 1.165) is 47.7 Å². The molecular formula is C19H29N5OS2. The molecule has 27 heavy (non-hydrogen) atoms. The standard InChI is InChI=1S/C19H29N5OS2/c1-5-25-16-9-7-6-8-15(16)23-12-10-22(11-13-23)14-24-18(26)27-17(21-24)20-19(2,3)4/h6-9H,5,10-14H2,1-4H3,(H,20,21). The number of nitrogens with zero attached hydrogens (tertiary/aromatic N) is 4. The number of anilines is 2. The molecule has 0 unspecified atom stereocenters. The maximum atomic E-state index is 5.78. The first-order valence-electron chi connectivity index (χ1n) is 9.41. The monoisotopic (exact) mass is 407 g/mol. The van der Waals surface area contributed by atoms with Crippen molar-refractivity contribution in [1.29, 1.82) is 0 Å². The molecule has 0 atom stereocenters. The summed E-state index contributed by atoms with van der Waals surface area (Å²) in [6.45, 7) is 13.7. The lowest BCUT2D eigenvalue weighted by atomic mass is 10.1. The Morgan fingerprint density at radius 3 is 2.56 bits per heavy atom. The highest BCUT2D eigenvalue weighted by atomic mass is 32.1. The molecular weight excluding hydrogens is 378 g/mol. The number of hydrogen-bond acceptors (Lipinski definition) is 7. The number of rotatable bonds is 6. The lowest BCUT2D eigenvalue weighted by molar-refractivity contribution is 0.195. The molecule has 1 fully saturated rings. The first kappa shape index (κ1) is 20.1. The predicted octanol–water partition coefficient (Wildman–Crippen LogP) is 4.06. The van der Waals surface area contributed by atoms with Gasteiger partial charge < -0.3 is 15.0 Å². The molecule has 8 heteroatoms. The zero-order chi connectivity index (χ0) is 19.4. The van der Waals surface area contributed by atoms with Crippen LogP contribution in [0.3, 0.4) is 0 Å². The van der Waals surface area contributed by atoms with Crippen molar-refractivity contribution in [3.05, 3.63) is 28.2 Å². The minimum atomic E-state index is -0.0168. The van der Waals surface area contributed by atoms with Crippen molar-refractivity contribution in [1.82, 2.24) is 14.7 Å². The van der Waals surface area contributed by atoms with Gasteiger partial charge in [0, 0.05) is 31.7 Å². The molecule has 1 aromatic carbocycles. The largest absolute Gasteiger partial charge is 0.492 e. The number of nitrogens with one attached hydrogen (secondary N) is 1. The van der Waals surface area contributed by atoms with Gasteiger partial charge in [-0.05, 0) is 52.0 Å². The third-order valence-corrected chi connectivity index (χ3v) is 5.52. The third-order valence-electron chi connectivity index (χ3n) is 4.30. The van der Waals surface area contributed by atoms with Gasteiger partial charge >= 0.3 is 0 Å². The van der Waals surface area contributed by atoms with Gasteiger partial charge in [0.1, 0.15) is 5.75 Å². The number of aromatic nitrogens is 2. The molecule has 0 radical (unpaired) electrons. The van der Waals surface area contributed by atoms with E-state index < -0.39 is 0 Å². The first-order chi connectivity index (χ1) is 12.9. The molecule has 2 heterocycles. The molecule has 1 aliphatic rings. The van der Waals surface area contributed by atoms with Crippen LogP contribution in [0.2, 0.25) is 0 Å². The van der Waals surface area contributed by atoms with E-state index in [2.05, 4.69) is 53.1 Å². The van der Waals surface area contributed by atoms with Crippen LogP contribution in [-0.4, -0.2) is 53.0 Å². The number of ether oxygens (including phenoxy) is 1. The summed E-state index contributed by atoms with van der Waals surface area (Å²) in [5, 5.41) is 8.94. The lowest BCUT2D eigenvalue weighted by Crippen LogP contribution is -2.47. The van der Waals surface area contributed by atoms with Gasteiger partial charge in [0.15, 0.2) is 3.95 Å². The summed E-state index contributed by atoms with van der Waals surface area (Å²) in [6, 6.07) is 8.28. The van der Waals surface area contributed by atoms with Crippen molar-refractivity contribution >= 4 is 34.4 Å². The summed E-state index contributed by atoms with van der Waals surface area (Å²) < 4.78 is 8.52. The Balaban J connectivity index is 1.60. The molecule has 1 aliphatic heterocycles. The molecule has 2 aromatic rings. The topological polar surface area (TPSA) is 45.6 Å². The van der Waals surface area contributed by atoms with Crippen LogP contribution in [-0.2, 0) is 6.67 Å². The first-order valence-corrected chi connectivity index (χ1v) is 10.6. The minimum absolute atomic E-state index is 0.0168. The van der Waals surface area contributed by atoms with Gasteiger partial charge in [0.25, 0.3) is 0 Å². The van der Waals surface area contributed by atoms with Gasteiger partial charge in [-0.25, -0.2) is 4.68 Å². The summed E-state index contributed by atoms with van der Waals surface area (Å²) in [4.78, 5) is 4.80. The quantitative estimate of drug-likeness (QED) is 0.729. The molecule has 0 spiro atoms. The highest BCUT2D eigenvalue weighted by Gasteiger charge is 2.21. The van der Waals surface area contributed by atoms with Gasteiger partial charge in [-0.1, -0.05) is 23.5 Å². The van der Waals surface area contributed by atoms with Crippen LogP contribution in [0.5, 0.6) is 5.75 Å². The van der Waals surface area contributed by atoms with Crippen molar-refractivity contribution in [2.24, 2.45) is 0 Å². The number of hydrogen-bond donors (Lipinski definition) is 1. The van der Waals surface area contributed by atoms with Gasteiger partial charge in [-0.3, -0.25) is 4.90 Å². The van der Waals surface area contributed by atoms with Gasteiger partial charge in [-0.2, -0.15) is 0 Å². The van der Waals surface area contributed by atoms with Gasteiger partial charge in [0.2, 0.25) is 5.13 Å². The molecule has 3 rings (SSSR count). The lowest BCUT2D eigenvalue weighted by Gasteiger charge is -2.36. The molecule has 1 saturated heterocycles. The van der Waals surface area contributed by atoms with E-state index in [1.807, 2.05) is 23.7 Å². The second-order valence-electron chi connectivity index (χ2n) is 7.69. The Hall–Kier alpha value is -1.64. The van der Waals surface area contributed by atoms with E-state index in [0.29, 0.717) is 6.61 Å². The Labute approximate surface area is 170 Å². The number of piperazine rings is 1. The predicted molar refractivity (Wildman–Crippen MR) is 116 cm³/mol. The highest BCUT2D eigenvalue weighted by molar-refractivity contribution is 7.73. The molecule has 148 valence electrons. The van der Waals surface area contributed by atoms with Gasteiger partial charge in [-0.15, -0.1) is 5.10 Å². The van der Waals surface area contributed by atoms with Crippen LogP contribution in [0.15, 0.2) is 24.3 Å². The molecule has 0 bridgehead atoms. The molecule has 0 aliphatic carbocycles. The average molecular weight is 408 g/mol. The van der Waals surface area contributed by atoms with Crippen LogP contribution in [0, 0.1) is 3.95 Å². The van der Waals surface area contributed by atoms with E-state index in [4.69, 9.17) is 17.0 Å². The smallest absolute Gasteiger partial charge is 0.205 e. The second-order valence-corrected chi connectivity index (χ2v) is 9.32. The van der Waals surface area contributed by atoms with E-state index in [-0.39, 0.29) is 5.54 Å². The van der Waals surface area contributed by atoms with E-state index in [1.54, 1.807) is 0 Å². The zero-order valence-corrected chi connectivity index (χ0v) is 18.2. The fourth-order valence-electron chi connectivity index (χ4n) is 3.08. The summed E-state index contributed by atoms with van der Waals surface area (Å²) in [5.74, 6) is 0.966. The number of para-hydroxylation sites is 2. The van der Waals surface area contributed by atoms with Crippen LogP contribution >= 0.6 is 23.6 Å². The SMILES string of the molecule is CCOc1ccccc1N1CCN(Cn2nc(NC(C)(C)C)sc2=S)CC1. The third kappa shape index (κ3) is 5.43. The summed E-state index contributed by atoms with van der Waals surface area (Å²) in [6.07, 6.45) is 0. The Kier molecular flexibility index (Phi) is 6.39. The highest BCUT2D eigenvalue weighted by Crippen LogP contribution is 2.29. The van der Waals surface area contributed by atoms with Crippen molar-refractivity contribution < 1.29 is 4.74 Å². The van der Waals surface area contributed by atoms with Crippen molar-refractivity contribution in [3.8, 4) is 5.75 Å². The van der Waals surface area contributed by atoms with Crippen LogP contribution < -0.4 is 15.0 Å². The summed E-state index contributed by atoms with van der Waals surface area (Å²) in [7, 11) is 0. The van der Waals surface area contributed by atoms with Crippen molar-refractivity contribution in [2.45, 2.75) is 39.9 Å². The Morgan fingerprint density at radius 2 is 1.89 bits per heavy atom. The van der Waals surface area contributed by atoms with Crippen molar-refractivity contribution in [2.75, 3.05) is 43.0 Å². The van der Waals surface area contributed by atoms with Gasteiger partial charge in [0.05, 0.1) is 19.0 Å². The maximum absolute atomic E-state index is 5.78. The molecule has 0 saturated carbocycles. The normalized spacial score (nSPS) is 15.8. The molecule has 0 amide bonds. The fraction of sp³-hybridized carbons (Fsp3) is 0.579. The average Bonchev–Trinajstić information content (AvgIpc) is 2.93. The van der Waals surface area contributed by atoms with E-state index in [1.165, 1.54) is 17.0 Å². The number of benzene rings is 1. The molecule has 1 N–H and O–H groups in total. The second kappa shape index (κ2) is 8.58. The van der Waals surface area contributed by atoms with E-state index in [9.17, 15) is 0 Å². The van der Waals surface area contributed by atoms with Crippen LogP contribution in [0.25, 0.3) is 0 Å². The Bertz CT molecular complexity index is 803. The Morgan fingerprint density at radius 1 is 1.19 bits per heavy atom. The zero-order valence-electron chi connectivity index (χ0n) is 16.6. The van der Waals surface area contributed by atoms with Crippen LogP contribution in [0.1, 0.15) is 27.7 Å². The molecule has 1 aromatic heterocycles. The maximum Gasteiger partial charge on any atom is 0.205 e. The van der Waals surface area contributed by atoms with Crippen LogP contribution in [0.4, 0.5) is 10.8 Å². The fourth-order valence-corrected chi connectivity index (χ4v) is 4.28. The minimum Gasteiger partial charge on any atom is -0.492 e. The van der Waals surface area contributed by atoms with E-state index >= 15 is 0 Å².